The van der Waals surface area contributed by atoms with E-state index in [4.69, 9.17) is 23.2 Å². The van der Waals surface area contributed by atoms with Crippen molar-refractivity contribution in [3.63, 3.8) is 0 Å². The van der Waals surface area contributed by atoms with E-state index >= 15 is 0 Å². The molecule has 0 spiro atoms. The fourth-order valence-electron chi connectivity index (χ4n) is 1.76. The van der Waals surface area contributed by atoms with Crippen molar-refractivity contribution in [1.82, 2.24) is 15.0 Å². The molecule has 4 nitrogen and oxygen atoms in total. The van der Waals surface area contributed by atoms with Crippen molar-refractivity contribution in [1.29, 1.82) is 0 Å². The summed E-state index contributed by atoms with van der Waals surface area (Å²) in [6.45, 7) is 0.698. The lowest BCUT2D eigenvalue weighted by Crippen LogP contribution is -2.20. The highest BCUT2D eigenvalue weighted by atomic mass is 35.5. The Morgan fingerprint density at radius 1 is 1.25 bits per heavy atom. The molecule has 7 heteroatoms. The number of rotatable bonds is 5. The Bertz CT molecular complexity index is 568. The summed E-state index contributed by atoms with van der Waals surface area (Å²) in [6.07, 6.45) is 5.04. The van der Waals surface area contributed by atoms with Gasteiger partial charge in [-0.1, -0.05) is 11.6 Å². The number of hydrogen-bond donors (Lipinski definition) is 1. The Kier molecular flexibility index (Phi) is 5.46. The van der Waals surface area contributed by atoms with Crippen LogP contribution in [0.4, 0.5) is 5.69 Å². The molecule has 106 valence electrons. The fraction of sp³-hybridized carbons (Fsp3) is 0.308. The molecule has 0 bridgehead atoms. The Morgan fingerprint density at radius 3 is 2.60 bits per heavy atom. The SMILES string of the molecule is CN(CCCl)c1ccnc(C(S)c2ncccn2)c1Cl. The first-order chi connectivity index (χ1) is 9.65. The van der Waals surface area contributed by atoms with Crippen LogP contribution in [0.3, 0.4) is 0 Å². The van der Waals surface area contributed by atoms with E-state index in [1.165, 1.54) is 0 Å². The van der Waals surface area contributed by atoms with Crippen LogP contribution in [0, 0.1) is 0 Å². The summed E-state index contributed by atoms with van der Waals surface area (Å²) in [6, 6.07) is 3.61. The van der Waals surface area contributed by atoms with Gasteiger partial charge in [0.05, 0.1) is 16.4 Å². The molecule has 0 amide bonds. The second-order valence-electron chi connectivity index (χ2n) is 4.15. The third-order valence-corrected chi connectivity index (χ3v) is 3.85. The summed E-state index contributed by atoms with van der Waals surface area (Å²) in [4.78, 5) is 14.7. The maximum Gasteiger partial charge on any atom is 0.146 e. The molecule has 0 aliphatic heterocycles. The molecule has 0 saturated carbocycles. The molecule has 0 fully saturated rings. The van der Waals surface area contributed by atoms with Crippen LogP contribution in [0.15, 0.2) is 30.7 Å². The minimum Gasteiger partial charge on any atom is -0.372 e. The van der Waals surface area contributed by atoms with Crippen LogP contribution in [0.5, 0.6) is 0 Å². The van der Waals surface area contributed by atoms with Gasteiger partial charge < -0.3 is 4.90 Å². The van der Waals surface area contributed by atoms with Crippen LogP contribution < -0.4 is 4.90 Å². The van der Waals surface area contributed by atoms with Crippen LogP contribution in [-0.4, -0.2) is 34.4 Å². The van der Waals surface area contributed by atoms with Gasteiger partial charge in [0.15, 0.2) is 0 Å². The van der Waals surface area contributed by atoms with Gasteiger partial charge in [0.2, 0.25) is 0 Å². The van der Waals surface area contributed by atoms with E-state index in [1.807, 2.05) is 18.0 Å². The number of thiol groups is 1. The average molecular weight is 329 g/mol. The average Bonchev–Trinajstić information content (AvgIpc) is 2.48. The molecule has 0 saturated heterocycles. The summed E-state index contributed by atoms with van der Waals surface area (Å²) in [5.41, 5.74) is 1.51. The topological polar surface area (TPSA) is 41.9 Å². The number of hydrogen-bond acceptors (Lipinski definition) is 5. The number of alkyl halides is 1. The van der Waals surface area contributed by atoms with Gasteiger partial charge in [0.1, 0.15) is 11.1 Å². The Labute approximate surface area is 133 Å². The third-order valence-electron chi connectivity index (χ3n) is 2.82. The zero-order valence-corrected chi connectivity index (χ0v) is 13.3. The van der Waals surface area contributed by atoms with Gasteiger partial charge in [0.25, 0.3) is 0 Å². The maximum atomic E-state index is 6.43. The molecule has 1 atom stereocenters. The van der Waals surface area contributed by atoms with Crippen LogP contribution >= 0.6 is 35.8 Å². The van der Waals surface area contributed by atoms with E-state index in [2.05, 4.69) is 27.6 Å². The maximum absolute atomic E-state index is 6.43. The van der Waals surface area contributed by atoms with E-state index in [1.54, 1.807) is 24.7 Å². The standard InChI is InChI=1S/C13H14Cl2N4S/c1-19(8-4-14)9-3-7-16-11(10(9)15)12(20)13-17-5-2-6-18-13/h2-3,5-7,12,20H,4,8H2,1H3. The van der Waals surface area contributed by atoms with Crippen molar-refractivity contribution in [2.24, 2.45) is 0 Å². The van der Waals surface area contributed by atoms with Crippen molar-refractivity contribution in [2.45, 2.75) is 5.25 Å². The van der Waals surface area contributed by atoms with E-state index in [-0.39, 0.29) is 5.25 Å². The Hall–Kier alpha value is -1.04. The fourth-order valence-corrected chi connectivity index (χ4v) is 2.78. The summed E-state index contributed by atoms with van der Waals surface area (Å²) < 4.78 is 0. The highest BCUT2D eigenvalue weighted by Crippen LogP contribution is 2.35. The molecule has 2 aromatic rings. The first-order valence-electron chi connectivity index (χ1n) is 6.01. The summed E-state index contributed by atoms with van der Waals surface area (Å²) in [5.74, 6) is 1.10. The molecular weight excluding hydrogens is 315 g/mol. The van der Waals surface area contributed by atoms with Crippen molar-refractivity contribution >= 4 is 41.5 Å². The molecule has 1 unspecified atom stereocenters. The van der Waals surface area contributed by atoms with Crippen molar-refractivity contribution < 1.29 is 0 Å². The molecule has 2 aromatic heterocycles. The number of halogens is 2. The van der Waals surface area contributed by atoms with Gasteiger partial charge in [0, 0.05) is 38.1 Å². The molecule has 20 heavy (non-hydrogen) atoms. The molecule has 0 radical (unpaired) electrons. The minimum atomic E-state index is -0.368. The normalized spacial score (nSPS) is 12.2. The predicted molar refractivity (Wildman–Crippen MR) is 86.1 cm³/mol. The third kappa shape index (κ3) is 3.34. The second kappa shape index (κ2) is 7.11. The number of anilines is 1. The quantitative estimate of drug-likeness (QED) is 0.676. The van der Waals surface area contributed by atoms with Crippen LogP contribution in [0.1, 0.15) is 16.8 Å². The smallest absolute Gasteiger partial charge is 0.146 e. The van der Waals surface area contributed by atoms with Gasteiger partial charge in [-0.25, -0.2) is 9.97 Å². The lowest BCUT2D eigenvalue weighted by molar-refractivity contribution is 0.912. The van der Waals surface area contributed by atoms with Crippen LogP contribution in [0.2, 0.25) is 5.02 Å². The second-order valence-corrected chi connectivity index (χ2v) is 5.42. The monoisotopic (exact) mass is 328 g/mol. The molecular formula is C13H14Cl2N4S. The van der Waals surface area contributed by atoms with E-state index < -0.39 is 0 Å². The van der Waals surface area contributed by atoms with E-state index in [0.29, 0.717) is 29.0 Å². The minimum absolute atomic E-state index is 0.368. The zero-order chi connectivity index (χ0) is 14.5. The summed E-state index contributed by atoms with van der Waals surface area (Å²) >= 11 is 16.7. The van der Waals surface area contributed by atoms with Gasteiger partial charge in [-0.05, 0) is 12.1 Å². The molecule has 0 aliphatic carbocycles. The van der Waals surface area contributed by atoms with Crippen molar-refractivity contribution in [3.8, 4) is 0 Å². The number of pyridine rings is 1. The van der Waals surface area contributed by atoms with E-state index in [9.17, 15) is 0 Å². The summed E-state index contributed by atoms with van der Waals surface area (Å²) in [7, 11) is 1.93. The van der Waals surface area contributed by atoms with Crippen LogP contribution in [0.25, 0.3) is 0 Å². The largest absolute Gasteiger partial charge is 0.372 e. The van der Waals surface area contributed by atoms with Gasteiger partial charge >= 0.3 is 0 Å². The van der Waals surface area contributed by atoms with Gasteiger partial charge in [-0.3, -0.25) is 4.98 Å². The predicted octanol–water partition coefficient (Wildman–Crippen LogP) is 3.22. The lowest BCUT2D eigenvalue weighted by atomic mass is 10.2. The molecule has 0 aromatic carbocycles. The molecule has 0 N–H and O–H groups in total. The van der Waals surface area contributed by atoms with E-state index in [0.717, 1.165) is 5.69 Å². The summed E-state index contributed by atoms with van der Waals surface area (Å²) in [5, 5.41) is 0.181. The van der Waals surface area contributed by atoms with Gasteiger partial charge in [-0.2, -0.15) is 12.6 Å². The zero-order valence-electron chi connectivity index (χ0n) is 10.9. The number of nitrogens with zero attached hydrogens (tertiary/aromatic N) is 4. The molecule has 0 aliphatic rings. The Balaban J connectivity index is 2.36. The first-order valence-corrected chi connectivity index (χ1v) is 7.44. The lowest BCUT2D eigenvalue weighted by Gasteiger charge is -2.21. The first kappa shape index (κ1) is 15.4. The highest BCUT2D eigenvalue weighted by molar-refractivity contribution is 7.80. The van der Waals surface area contributed by atoms with Crippen molar-refractivity contribution in [3.05, 3.63) is 47.3 Å². The van der Waals surface area contributed by atoms with Gasteiger partial charge in [-0.15, -0.1) is 11.6 Å². The number of aromatic nitrogens is 3. The van der Waals surface area contributed by atoms with Crippen molar-refractivity contribution in [2.75, 3.05) is 24.4 Å². The van der Waals surface area contributed by atoms with Crippen LogP contribution in [-0.2, 0) is 0 Å². The molecule has 2 rings (SSSR count). The highest BCUT2D eigenvalue weighted by Gasteiger charge is 2.20. The Morgan fingerprint density at radius 2 is 1.95 bits per heavy atom. The molecule has 2 heterocycles.